The van der Waals surface area contributed by atoms with Crippen molar-refractivity contribution in [2.75, 3.05) is 31.6 Å². The molecular weight excluding hydrogens is 387 g/mol. The van der Waals surface area contributed by atoms with E-state index in [2.05, 4.69) is 25.3 Å². The second-order valence-electron chi connectivity index (χ2n) is 7.98. The highest BCUT2D eigenvalue weighted by Crippen LogP contribution is 2.28. The van der Waals surface area contributed by atoms with Crippen molar-refractivity contribution < 1.29 is 13.9 Å². The number of fused-ring (bicyclic) bond motifs is 1. The number of pyridine rings is 1. The number of hydrogen-bond donors (Lipinski definition) is 2. The molecule has 0 aliphatic carbocycles. The van der Waals surface area contributed by atoms with E-state index in [0.29, 0.717) is 32.1 Å². The summed E-state index contributed by atoms with van der Waals surface area (Å²) in [5.41, 5.74) is 2.53. The van der Waals surface area contributed by atoms with Gasteiger partial charge in [0.15, 0.2) is 17.5 Å². The van der Waals surface area contributed by atoms with Gasteiger partial charge in [-0.15, -0.1) is 0 Å². The number of nitrogens with zero attached hydrogens (tertiary/aromatic N) is 4. The van der Waals surface area contributed by atoms with Crippen LogP contribution >= 0.6 is 0 Å². The lowest BCUT2D eigenvalue weighted by atomic mass is 10.1. The van der Waals surface area contributed by atoms with Crippen LogP contribution in [-0.2, 0) is 9.53 Å². The molecule has 5 heterocycles. The highest BCUT2D eigenvalue weighted by atomic mass is 19.1. The molecule has 30 heavy (non-hydrogen) atoms. The zero-order valence-electron chi connectivity index (χ0n) is 16.7. The minimum atomic E-state index is -0.512. The van der Waals surface area contributed by atoms with Crippen molar-refractivity contribution in [1.29, 1.82) is 0 Å². The highest BCUT2D eigenvalue weighted by molar-refractivity contribution is 5.92. The maximum absolute atomic E-state index is 14.4. The summed E-state index contributed by atoms with van der Waals surface area (Å²) >= 11 is 0. The SMILES string of the molecule is Cc1cnc2[nH]cc(-c3ncc(F)c(NC4CCN(C(=O)C5CCOC5)C4)n3)c2c1. The summed E-state index contributed by atoms with van der Waals surface area (Å²) in [5.74, 6) is 0.138. The maximum Gasteiger partial charge on any atom is 0.228 e. The van der Waals surface area contributed by atoms with Crippen LogP contribution in [0.1, 0.15) is 18.4 Å². The average Bonchev–Trinajstić information content (AvgIpc) is 3.50. The van der Waals surface area contributed by atoms with E-state index in [1.807, 2.05) is 17.9 Å². The smallest absolute Gasteiger partial charge is 0.228 e. The van der Waals surface area contributed by atoms with Gasteiger partial charge in [-0.25, -0.2) is 19.3 Å². The van der Waals surface area contributed by atoms with Gasteiger partial charge in [-0.05, 0) is 31.4 Å². The van der Waals surface area contributed by atoms with Crippen molar-refractivity contribution in [3.63, 3.8) is 0 Å². The Bertz CT molecular complexity index is 1090. The summed E-state index contributed by atoms with van der Waals surface area (Å²) in [7, 11) is 0. The van der Waals surface area contributed by atoms with E-state index in [9.17, 15) is 9.18 Å². The second-order valence-corrected chi connectivity index (χ2v) is 7.98. The molecule has 9 heteroatoms. The van der Waals surface area contributed by atoms with Crippen LogP contribution in [0.15, 0.2) is 24.7 Å². The van der Waals surface area contributed by atoms with Gasteiger partial charge in [0.1, 0.15) is 5.65 Å². The summed E-state index contributed by atoms with van der Waals surface area (Å²) in [6.45, 7) is 4.29. The van der Waals surface area contributed by atoms with E-state index in [4.69, 9.17) is 4.74 Å². The van der Waals surface area contributed by atoms with Crippen molar-refractivity contribution in [2.45, 2.75) is 25.8 Å². The number of H-pyrrole nitrogens is 1. The molecule has 0 bridgehead atoms. The van der Waals surface area contributed by atoms with Crippen molar-refractivity contribution in [1.82, 2.24) is 24.8 Å². The summed E-state index contributed by atoms with van der Waals surface area (Å²) in [6, 6.07) is 1.95. The number of aryl methyl sites for hydroxylation is 1. The van der Waals surface area contributed by atoms with Gasteiger partial charge in [0.2, 0.25) is 5.91 Å². The Morgan fingerprint density at radius 3 is 3.07 bits per heavy atom. The molecule has 156 valence electrons. The summed E-state index contributed by atoms with van der Waals surface area (Å²) in [4.78, 5) is 30.5. The predicted molar refractivity (Wildman–Crippen MR) is 109 cm³/mol. The number of aromatic amines is 1. The maximum atomic E-state index is 14.4. The van der Waals surface area contributed by atoms with Gasteiger partial charge in [-0.3, -0.25) is 4.79 Å². The topological polar surface area (TPSA) is 96.0 Å². The third kappa shape index (κ3) is 3.49. The fourth-order valence-corrected chi connectivity index (χ4v) is 4.15. The van der Waals surface area contributed by atoms with Crippen LogP contribution in [-0.4, -0.2) is 63.1 Å². The number of rotatable bonds is 4. The molecular formula is C21H23FN6O2. The minimum Gasteiger partial charge on any atom is -0.381 e. The van der Waals surface area contributed by atoms with E-state index in [1.54, 1.807) is 12.4 Å². The number of anilines is 1. The van der Waals surface area contributed by atoms with Crippen molar-refractivity contribution in [3.05, 3.63) is 36.0 Å². The van der Waals surface area contributed by atoms with Crippen LogP contribution in [0.2, 0.25) is 0 Å². The number of aromatic nitrogens is 4. The fraction of sp³-hybridized carbons (Fsp3) is 0.429. The monoisotopic (exact) mass is 410 g/mol. The Hall–Kier alpha value is -3.07. The number of carbonyl (C=O) groups is 1. The van der Waals surface area contributed by atoms with Gasteiger partial charge < -0.3 is 19.9 Å². The molecule has 2 atom stereocenters. The van der Waals surface area contributed by atoms with E-state index < -0.39 is 5.82 Å². The minimum absolute atomic E-state index is 0.0509. The largest absolute Gasteiger partial charge is 0.381 e. The number of amides is 1. The van der Waals surface area contributed by atoms with Crippen LogP contribution in [0.3, 0.4) is 0 Å². The average molecular weight is 410 g/mol. The third-order valence-corrected chi connectivity index (χ3v) is 5.77. The Labute approximate surface area is 172 Å². The first-order chi connectivity index (χ1) is 14.6. The number of halogens is 1. The van der Waals surface area contributed by atoms with Gasteiger partial charge >= 0.3 is 0 Å². The molecule has 5 rings (SSSR count). The quantitative estimate of drug-likeness (QED) is 0.686. The van der Waals surface area contributed by atoms with E-state index in [-0.39, 0.29) is 23.7 Å². The molecule has 2 aliphatic heterocycles. The van der Waals surface area contributed by atoms with Gasteiger partial charge in [0, 0.05) is 49.1 Å². The Morgan fingerprint density at radius 2 is 2.23 bits per heavy atom. The molecule has 0 spiro atoms. The first-order valence-corrected chi connectivity index (χ1v) is 10.2. The highest BCUT2D eigenvalue weighted by Gasteiger charge is 2.33. The molecule has 2 unspecified atom stereocenters. The lowest BCUT2D eigenvalue weighted by Crippen LogP contribution is -2.36. The Balaban J connectivity index is 1.34. The van der Waals surface area contributed by atoms with Gasteiger partial charge in [-0.2, -0.15) is 0 Å². The molecule has 2 saturated heterocycles. The molecule has 3 aromatic heterocycles. The molecule has 3 aromatic rings. The zero-order chi connectivity index (χ0) is 20.7. The van der Waals surface area contributed by atoms with Crippen LogP contribution in [0.5, 0.6) is 0 Å². The first-order valence-electron chi connectivity index (χ1n) is 10.2. The second kappa shape index (κ2) is 7.64. The van der Waals surface area contributed by atoms with E-state index >= 15 is 0 Å². The number of nitrogens with one attached hydrogen (secondary N) is 2. The molecule has 2 N–H and O–H groups in total. The van der Waals surface area contributed by atoms with Crippen LogP contribution in [0.25, 0.3) is 22.4 Å². The third-order valence-electron chi connectivity index (χ3n) is 5.77. The normalized spacial score (nSPS) is 21.5. The van der Waals surface area contributed by atoms with Gasteiger partial charge in [-0.1, -0.05) is 0 Å². The van der Waals surface area contributed by atoms with Gasteiger partial charge in [0.05, 0.1) is 18.7 Å². The summed E-state index contributed by atoms with van der Waals surface area (Å²) in [6.07, 6.45) is 6.27. The van der Waals surface area contributed by atoms with Gasteiger partial charge in [0.25, 0.3) is 0 Å². The van der Waals surface area contributed by atoms with Crippen LogP contribution < -0.4 is 5.32 Å². The molecule has 1 amide bonds. The molecule has 0 radical (unpaired) electrons. The number of carbonyl (C=O) groups excluding carboxylic acids is 1. The fourth-order valence-electron chi connectivity index (χ4n) is 4.15. The molecule has 2 fully saturated rings. The van der Waals surface area contributed by atoms with Crippen molar-refractivity contribution >= 4 is 22.8 Å². The predicted octanol–water partition coefficient (Wildman–Crippen LogP) is 2.52. The molecule has 2 aliphatic rings. The first kappa shape index (κ1) is 18.9. The number of likely N-dealkylation sites (tertiary alicyclic amines) is 1. The lowest BCUT2D eigenvalue weighted by Gasteiger charge is -2.20. The van der Waals surface area contributed by atoms with Crippen LogP contribution in [0.4, 0.5) is 10.2 Å². The van der Waals surface area contributed by atoms with E-state index in [0.717, 1.165) is 35.0 Å². The summed E-state index contributed by atoms with van der Waals surface area (Å²) < 4.78 is 19.8. The molecule has 0 saturated carbocycles. The van der Waals surface area contributed by atoms with E-state index in [1.165, 1.54) is 6.20 Å². The standard InChI is InChI=1S/C21H23FN6O2/c1-12-6-15-16(8-24-18(15)23-7-12)19-25-9-17(22)20(27-19)26-14-2-4-28(10-14)21(29)13-3-5-30-11-13/h6-9,13-14H,2-5,10-11H2,1H3,(H,23,24)(H,25,26,27). The lowest BCUT2D eigenvalue weighted by molar-refractivity contribution is -0.134. The molecule has 0 aromatic carbocycles. The zero-order valence-corrected chi connectivity index (χ0v) is 16.7. The Kier molecular flexibility index (Phi) is 4.82. The van der Waals surface area contributed by atoms with Crippen LogP contribution in [0, 0.1) is 18.7 Å². The number of ether oxygens (including phenoxy) is 1. The van der Waals surface area contributed by atoms with Crippen molar-refractivity contribution in [3.8, 4) is 11.4 Å². The number of hydrogen-bond acceptors (Lipinski definition) is 6. The Morgan fingerprint density at radius 1 is 1.33 bits per heavy atom. The summed E-state index contributed by atoms with van der Waals surface area (Å²) in [5, 5.41) is 4.06. The van der Waals surface area contributed by atoms with Crippen molar-refractivity contribution in [2.24, 2.45) is 5.92 Å². The molecule has 8 nitrogen and oxygen atoms in total.